The van der Waals surface area contributed by atoms with Crippen LogP contribution in [0.15, 0.2) is 65.3 Å². The fourth-order valence-corrected chi connectivity index (χ4v) is 4.61. The number of hydrogen-bond acceptors (Lipinski definition) is 4. The monoisotopic (exact) mass is 434 g/mol. The summed E-state index contributed by atoms with van der Waals surface area (Å²) < 4.78 is 10.8. The maximum absolute atomic E-state index is 13.0. The van der Waals surface area contributed by atoms with Crippen molar-refractivity contribution >= 4 is 23.0 Å². The van der Waals surface area contributed by atoms with E-state index in [0.29, 0.717) is 17.7 Å². The molecule has 6 heteroatoms. The van der Waals surface area contributed by atoms with E-state index in [1.807, 2.05) is 50.2 Å². The lowest BCUT2D eigenvalue weighted by Crippen LogP contribution is -2.47. The number of furan rings is 1. The van der Waals surface area contributed by atoms with Gasteiger partial charge in [0.2, 0.25) is 0 Å². The van der Waals surface area contributed by atoms with Crippen LogP contribution in [0, 0.1) is 0 Å². The molecular weight excluding hydrogens is 404 g/mol. The molecule has 32 heavy (non-hydrogen) atoms. The van der Waals surface area contributed by atoms with Crippen LogP contribution in [0.1, 0.15) is 55.5 Å². The third kappa shape index (κ3) is 4.79. The number of amides is 2. The van der Waals surface area contributed by atoms with Gasteiger partial charge in [-0.25, -0.2) is 4.79 Å². The molecule has 0 radical (unpaired) electrons. The molecule has 1 heterocycles. The minimum Gasteiger partial charge on any atom is -0.464 e. The number of alkyl carbamates (subject to hydrolysis) is 1. The fraction of sp³-hybridized carbons (Fsp3) is 0.385. The van der Waals surface area contributed by atoms with Crippen molar-refractivity contribution in [2.45, 2.75) is 57.1 Å². The quantitative estimate of drug-likeness (QED) is 0.560. The van der Waals surface area contributed by atoms with Crippen LogP contribution in [0.3, 0.4) is 0 Å². The van der Waals surface area contributed by atoms with Gasteiger partial charge in [-0.2, -0.15) is 0 Å². The van der Waals surface area contributed by atoms with Crippen LogP contribution in [-0.2, 0) is 10.2 Å². The summed E-state index contributed by atoms with van der Waals surface area (Å²) in [6, 6.07) is 17.8. The molecule has 1 fully saturated rings. The molecule has 1 aliphatic carbocycles. The summed E-state index contributed by atoms with van der Waals surface area (Å²) in [5.74, 6) is -0.137. The van der Waals surface area contributed by atoms with Gasteiger partial charge >= 0.3 is 6.09 Å². The lowest BCUT2D eigenvalue weighted by Gasteiger charge is -2.41. The number of hydrogen-bond donors (Lipinski definition) is 2. The molecule has 0 atom stereocenters. The molecule has 6 nitrogen and oxygen atoms in total. The van der Waals surface area contributed by atoms with Crippen molar-refractivity contribution < 1.29 is 18.7 Å². The molecule has 0 bridgehead atoms. The van der Waals surface area contributed by atoms with Gasteiger partial charge in [0.15, 0.2) is 0 Å². The van der Waals surface area contributed by atoms with Crippen LogP contribution in [-0.4, -0.2) is 30.7 Å². The average Bonchev–Trinajstić information content (AvgIpc) is 3.28. The molecule has 1 saturated carbocycles. The zero-order chi connectivity index (χ0) is 22.6. The predicted molar refractivity (Wildman–Crippen MR) is 124 cm³/mol. The molecule has 1 aliphatic rings. The third-order valence-electron chi connectivity index (χ3n) is 6.30. The van der Waals surface area contributed by atoms with Crippen molar-refractivity contribution in [3.63, 3.8) is 0 Å². The Labute approximate surface area is 188 Å². The highest BCUT2D eigenvalue weighted by atomic mass is 16.6. The summed E-state index contributed by atoms with van der Waals surface area (Å²) in [4.78, 5) is 25.1. The van der Waals surface area contributed by atoms with Crippen molar-refractivity contribution in [2.24, 2.45) is 0 Å². The Kier molecular flexibility index (Phi) is 6.49. The minimum atomic E-state index is -0.364. The number of carbonyl (C=O) groups is 2. The Morgan fingerprint density at radius 2 is 1.81 bits per heavy atom. The smallest absolute Gasteiger partial charge is 0.407 e. The van der Waals surface area contributed by atoms with E-state index in [1.165, 1.54) is 5.56 Å². The molecule has 3 aromatic rings. The van der Waals surface area contributed by atoms with Gasteiger partial charge in [-0.15, -0.1) is 0 Å². The first-order valence-corrected chi connectivity index (χ1v) is 11.2. The van der Waals surface area contributed by atoms with Crippen LogP contribution >= 0.6 is 0 Å². The molecule has 2 amide bonds. The third-order valence-corrected chi connectivity index (χ3v) is 6.30. The zero-order valence-electron chi connectivity index (χ0n) is 18.6. The molecule has 0 saturated heterocycles. The first-order valence-electron chi connectivity index (χ1n) is 11.2. The van der Waals surface area contributed by atoms with Gasteiger partial charge in [0.25, 0.3) is 5.91 Å². The first kappa shape index (κ1) is 21.9. The number of ether oxygens (including phenoxy) is 1. The zero-order valence-corrected chi connectivity index (χ0v) is 18.6. The second-order valence-corrected chi connectivity index (χ2v) is 8.85. The summed E-state index contributed by atoms with van der Waals surface area (Å²) in [7, 11) is 0. The summed E-state index contributed by atoms with van der Waals surface area (Å²) in [5.41, 5.74) is 2.17. The van der Waals surface area contributed by atoms with Crippen LogP contribution in [0.2, 0.25) is 0 Å². The summed E-state index contributed by atoms with van der Waals surface area (Å²) in [6.07, 6.45) is 4.46. The molecule has 0 aliphatic heterocycles. The Morgan fingerprint density at radius 3 is 2.53 bits per heavy atom. The van der Waals surface area contributed by atoms with E-state index in [-0.39, 0.29) is 29.6 Å². The standard InChI is InChI=1S/C26H30N2O4/c1-18(2)32-25(30)28-21-11-14-26(15-12-21,20-8-4-3-5-9-20)17-27-24(29)22-10-6-7-19-13-16-31-23(19)22/h3-10,13,16,18,21H,11-12,14-15,17H2,1-2H3,(H,27,29)(H,28,30). The second kappa shape index (κ2) is 9.47. The van der Waals surface area contributed by atoms with Crippen molar-refractivity contribution in [1.29, 1.82) is 0 Å². The van der Waals surface area contributed by atoms with Crippen LogP contribution in [0.25, 0.3) is 11.0 Å². The fourth-order valence-electron chi connectivity index (χ4n) is 4.61. The molecule has 0 unspecified atom stereocenters. The topological polar surface area (TPSA) is 80.6 Å². The second-order valence-electron chi connectivity index (χ2n) is 8.85. The van der Waals surface area contributed by atoms with E-state index in [4.69, 9.17) is 9.15 Å². The highest BCUT2D eigenvalue weighted by Gasteiger charge is 2.38. The van der Waals surface area contributed by atoms with E-state index in [1.54, 1.807) is 12.3 Å². The van der Waals surface area contributed by atoms with Crippen molar-refractivity contribution in [3.8, 4) is 0 Å². The Bertz CT molecular complexity index is 1070. The normalized spacial score (nSPS) is 20.8. The average molecular weight is 435 g/mol. The number of rotatable bonds is 6. The van der Waals surface area contributed by atoms with Crippen LogP contribution in [0.5, 0.6) is 0 Å². The Hall–Kier alpha value is -3.28. The number of benzene rings is 2. The number of para-hydroxylation sites is 1. The minimum absolute atomic E-state index is 0.0747. The molecule has 2 N–H and O–H groups in total. The van der Waals surface area contributed by atoms with E-state index in [0.717, 1.165) is 31.1 Å². The van der Waals surface area contributed by atoms with Gasteiger partial charge < -0.3 is 19.8 Å². The molecule has 1 aromatic heterocycles. The SMILES string of the molecule is CC(C)OC(=O)NC1CCC(CNC(=O)c2cccc3ccoc23)(c2ccccc2)CC1. The van der Waals surface area contributed by atoms with Gasteiger partial charge in [-0.1, -0.05) is 42.5 Å². The predicted octanol–water partition coefficient (Wildman–Crippen LogP) is 5.18. The maximum atomic E-state index is 13.0. The molecular formula is C26H30N2O4. The van der Waals surface area contributed by atoms with Gasteiger partial charge in [0, 0.05) is 23.4 Å². The van der Waals surface area contributed by atoms with Gasteiger partial charge in [-0.05, 0) is 57.2 Å². The van der Waals surface area contributed by atoms with Crippen molar-refractivity contribution in [2.75, 3.05) is 6.54 Å². The number of carbonyl (C=O) groups excluding carboxylic acids is 2. The van der Waals surface area contributed by atoms with Crippen molar-refractivity contribution in [1.82, 2.24) is 10.6 Å². The molecule has 2 aromatic carbocycles. The van der Waals surface area contributed by atoms with E-state index in [2.05, 4.69) is 22.8 Å². The van der Waals surface area contributed by atoms with E-state index >= 15 is 0 Å². The summed E-state index contributed by atoms with van der Waals surface area (Å²) in [6.45, 7) is 4.20. The Balaban J connectivity index is 1.47. The molecule has 168 valence electrons. The Morgan fingerprint density at radius 1 is 1.06 bits per heavy atom. The van der Waals surface area contributed by atoms with Gasteiger partial charge in [0.05, 0.1) is 17.9 Å². The first-order chi connectivity index (χ1) is 15.5. The number of nitrogens with one attached hydrogen (secondary N) is 2. The largest absolute Gasteiger partial charge is 0.464 e. The van der Waals surface area contributed by atoms with Crippen molar-refractivity contribution in [3.05, 3.63) is 72.0 Å². The highest BCUT2D eigenvalue weighted by molar-refractivity contribution is 6.04. The summed E-state index contributed by atoms with van der Waals surface area (Å²) >= 11 is 0. The lowest BCUT2D eigenvalue weighted by molar-refractivity contribution is 0.0932. The van der Waals surface area contributed by atoms with Gasteiger partial charge in [-0.3, -0.25) is 4.79 Å². The van der Waals surface area contributed by atoms with E-state index in [9.17, 15) is 9.59 Å². The maximum Gasteiger partial charge on any atom is 0.407 e. The lowest BCUT2D eigenvalue weighted by atomic mass is 9.68. The molecule has 0 spiro atoms. The highest BCUT2D eigenvalue weighted by Crippen LogP contribution is 2.39. The van der Waals surface area contributed by atoms with Crippen LogP contribution < -0.4 is 10.6 Å². The molecule has 4 rings (SSSR count). The van der Waals surface area contributed by atoms with Gasteiger partial charge in [0.1, 0.15) is 5.58 Å². The number of fused-ring (bicyclic) bond motifs is 1. The van der Waals surface area contributed by atoms with Crippen LogP contribution in [0.4, 0.5) is 4.79 Å². The van der Waals surface area contributed by atoms with E-state index < -0.39 is 0 Å². The summed E-state index contributed by atoms with van der Waals surface area (Å²) in [5, 5.41) is 7.06.